The van der Waals surface area contributed by atoms with Crippen LogP contribution in [0.5, 0.6) is 5.75 Å². The molecule has 17 N–H and O–H groups in total. The number of nitrogens with zero attached hydrogens (tertiary/aromatic N) is 1. The van der Waals surface area contributed by atoms with E-state index in [4.69, 9.17) is 17.2 Å². The molecule has 2 aromatic carbocycles. The molecule has 352 valence electrons. The first kappa shape index (κ1) is 53.6. The minimum absolute atomic E-state index is 0.0210. The van der Waals surface area contributed by atoms with E-state index in [-0.39, 0.29) is 43.9 Å². The number of aliphatic imine (C=N–C) groups is 1. The molecule has 0 aliphatic carbocycles. The number of guanidine groups is 1. The number of nitrogens with two attached hydrogens (primary N) is 3. The fourth-order valence-corrected chi connectivity index (χ4v) is 6.20. The van der Waals surface area contributed by atoms with Crippen molar-refractivity contribution in [3.8, 4) is 5.75 Å². The zero-order chi connectivity index (χ0) is 47.8. The van der Waals surface area contributed by atoms with E-state index in [1.807, 2.05) is 5.32 Å². The molecule has 2 aromatic rings. The zero-order valence-corrected chi connectivity index (χ0v) is 36.3. The Balaban J connectivity index is 2.13. The molecule has 0 aliphatic heterocycles. The van der Waals surface area contributed by atoms with Crippen molar-refractivity contribution in [2.45, 2.75) is 81.4 Å². The number of nitrogens with one attached hydrogen (secondary N) is 7. The fourth-order valence-electron chi connectivity index (χ4n) is 5.73. The number of aromatic hydroxyl groups is 1. The van der Waals surface area contributed by atoms with Gasteiger partial charge in [-0.2, -0.15) is 11.8 Å². The van der Waals surface area contributed by atoms with E-state index in [9.17, 15) is 58.8 Å². The Labute approximate surface area is 373 Å². The van der Waals surface area contributed by atoms with E-state index in [1.165, 1.54) is 30.8 Å². The first-order valence-corrected chi connectivity index (χ1v) is 21.4. The molecule has 7 unspecified atom stereocenters. The number of phenolic OH excluding ortho intramolecular Hbond substituents is 1. The maximum Gasteiger partial charge on any atom is 0.328 e. The number of carboxylic acids is 1. The highest BCUT2D eigenvalue weighted by Crippen LogP contribution is 2.12. The van der Waals surface area contributed by atoms with Crippen LogP contribution < -0.4 is 54.4 Å². The SMILES string of the molecule is CSCCC(NC(=O)C(Cc1ccccc1)NC(=O)CNC(=O)CNC(=O)C(Cc1ccc(O)cc1)NC(=O)C(N)CCCN=C(N)N)C(=O)NC(C(=O)NC(CO)C(=O)O)C(C)O. The molecular formula is C40H59N11O12S. The molecular weight excluding hydrogens is 859 g/mol. The van der Waals surface area contributed by atoms with Gasteiger partial charge in [0.05, 0.1) is 31.8 Å². The second-order valence-electron chi connectivity index (χ2n) is 14.4. The number of hydrogen-bond acceptors (Lipinski definition) is 14. The summed E-state index contributed by atoms with van der Waals surface area (Å²) in [6.45, 7) is -0.838. The van der Waals surface area contributed by atoms with E-state index < -0.39 is 109 Å². The van der Waals surface area contributed by atoms with Gasteiger partial charge in [-0.15, -0.1) is 0 Å². The lowest BCUT2D eigenvalue weighted by atomic mass is 10.0. The number of carbonyl (C=O) groups excluding carboxylic acids is 7. The summed E-state index contributed by atoms with van der Waals surface area (Å²) in [4.78, 5) is 107. The van der Waals surface area contributed by atoms with Gasteiger partial charge in [0, 0.05) is 19.4 Å². The third kappa shape index (κ3) is 20.1. The summed E-state index contributed by atoms with van der Waals surface area (Å²) in [5, 5.41) is 55.2. The van der Waals surface area contributed by atoms with Crippen molar-refractivity contribution in [2.24, 2.45) is 22.2 Å². The van der Waals surface area contributed by atoms with Crippen LogP contribution in [0.4, 0.5) is 0 Å². The van der Waals surface area contributed by atoms with Crippen molar-refractivity contribution in [3.05, 3.63) is 65.7 Å². The number of amides is 7. The quantitative estimate of drug-likeness (QED) is 0.0217. The molecule has 23 nitrogen and oxygen atoms in total. The second-order valence-corrected chi connectivity index (χ2v) is 15.4. The number of carbonyl (C=O) groups is 8. The molecule has 0 spiro atoms. The van der Waals surface area contributed by atoms with Gasteiger partial charge in [0.1, 0.15) is 36.0 Å². The molecule has 2 rings (SSSR count). The molecule has 0 aliphatic rings. The van der Waals surface area contributed by atoms with Gasteiger partial charge >= 0.3 is 5.97 Å². The Morgan fingerprint density at radius 3 is 1.83 bits per heavy atom. The van der Waals surface area contributed by atoms with Crippen LogP contribution in [0.15, 0.2) is 59.6 Å². The van der Waals surface area contributed by atoms with Crippen molar-refractivity contribution in [1.82, 2.24) is 37.2 Å². The molecule has 7 amide bonds. The fraction of sp³-hybridized carbons (Fsp3) is 0.475. The number of hydrogen-bond donors (Lipinski definition) is 14. The number of carboxylic acid groups (broad SMARTS) is 1. The van der Waals surface area contributed by atoms with Crippen LogP contribution in [0.3, 0.4) is 0 Å². The number of benzene rings is 2. The van der Waals surface area contributed by atoms with Crippen molar-refractivity contribution in [1.29, 1.82) is 0 Å². The van der Waals surface area contributed by atoms with Gasteiger partial charge in [0.15, 0.2) is 5.96 Å². The summed E-state index contributed by atoms with van der Waals surface area (Å²) < 4.78 is 0. The number of aliphatic hydroxyl groups is 2. The number of rotatable bonds is 28. The van der Waals surface area contributed by atoms with Crippen LogP contribution in [0.25, 0.3) is 0 Å². The molecule has 7 atom stereocenters. The summed E-state index contributed by atoms with van der Waals surface area (Å²) >= 11 is 1.34. The molecule has 64 heavy (non-hydrogen) atoms. The van der Waals surface area contributed by atoms with E-state index >= 15 is 0 Å². The summed E-state index contributed by atoms with van der Waals surface area (Å²) in [6, 6.07) is 6.16. The summed E-state index contributed by atoms with van der Waals surface area (Å²) in [5.74, 6) is -7.24. The summed E-state index contributed by atoms with van der Waals surface area (Å²) in [6.07, 6.45) is 0.708. The molecule has 0 saturated heterocycles. The van der Waals surface area contributed by atoms with Crippen LogP contribution >= 0.6 is 11.8 Å². The monoisotopic (exact) mass is 917 g/mol. The van der Waals surface area contributed by atoms with Gasteiger partial charge in [0.25, 0.3) is 0 Å². The standard InChI is InChI=1S/C40H59N11O12S/c1-22(53)33(38(61)50-30(21-52)39(62)63)51-36(59)27(14-16-64-2)48-37(60)29(17-23-7-4-3-5-8-23)47-32(56)20-45-31(55)19-46-35(58)28(18-24-10-12-25(54)13-11-24)49-34(57)26(41)9-6-15-44-40(42)43/h3-5,7-8,10-13,22,26-30,33,52-54H,6,9,14-21,41H2,1-2H3,(H,45,55)(H,46,58)(H,47,56)(H,48,60)(H,49,57)(H,50,61)(H,51,59)(H,62,63)(H4,42,43,44). The Morgan fingerprint density at radius 1 is 0.688 bits per heavy atom. The highest BCUT2D eigenvalue weighted by molar-refractivity contribution is 7.98. The maximum atomic E-state index is 13.8. The van der Waals surface area contributed by atoms with Crippen molar-refractivity contribution in [3.63, 3.8) is 0 Å². The van der Waals surface area contributed by atoms with E-state index in [1.54, 1.807) is 48.7 Å². The third-order valence-corrected chi connectivity index (χ3v) is 9.86. The van der Waals surface area contributed by atoms with Crippen molar-refractivity contribution >= 4 is 65.0 Å². The van der Waals surface area contributed by atoms with E-state index in [0.29, 0.717) is 23.3 Å². The molecule has 0 heterocycles. The highest BCUT2D eigenvalue weighted by atomic mass is 32.2. The number of phenols is 1. The van der Waals surface area contributed by atoms with Crippen molar-refractivity contribution in [2.75, 3.05) is 38.2 Å². The lowest BCUT2D eigenvalue weighted by Gasteiger charge is -2.27. The van der Waals surface area contributed by atoms with E-state index in [2.05, 4.69) is 36.9 Å². The molecule has 24 heteroatoms. The largest absolute Gasteiger partial charge is 0.508 e. The maximum absolute atomic E-state index is 13.8. The average Bonchev–Trinajstić information content (AvgIpc) is 3.25. The number of thioether (sulfide) groups is 1. The Kier molecular flexibility index (Phi) is 23.7. The lowest BCUT2D eigenvalue weighted by molar-refractivity contribution is -0.144. The summed E-state index contributed by atoms with van der Waals surface area (Å²) in [5.41, 5.74) is 17.8. The number of aliphatic hydroxyl groups excluding tert-OH is 2. The van der Waals surface area contributed by atoms with Gasteiger partial charge < -0.3 is 74.8 Å². The molecule has 0 saturated carbocycles. The first-order valence-electron chi connectivity index (χ1n) is 20.0. The third-order valence-electron chi connectivity index (χ3n) is 9.22. The summed E-state index contributed by atoms with van der Waals surface area (Å²) in [7, 11) is 0. The number of aliphatic carboxylic acids is 1. The smallest absolute Gasteiger partial charge is 0.328 e. The van der Waals surface area contributed by atoms with Gasteiger partial charge in [-0.3, -0.25) is 38.6 Å². The van der Waals surface area contributed by atoms with Crippen LogP contribution in [0, 0.1) is 0 Å². The predicted molar refractivity (Wildman–Crippen MR) is 235 cm³/mol. The Morgan fingerprint density at radius 2 is 1.25 bits per heavy atom. The minimum atomic E-state index is -1.72. The minimum Gasteiger partial charge on any atom is -0.508 e. The molecule has 0 fully saturated rings. The van der Waals surface area contributed by atoms with Crippen molar-refractivity contribution < 1.29 is 58.8 Å². The van der Waals surface area contributed by atoms with Gasteiger partial charge in [-0.05, 0) is 61.5 Å². The molecule has 0 aromatic heterocycles. The van der Waals surface area contributed by atoms with Crippen LogP contribution in [-0.4, -0.2) is 154 Å². The molecule has 0 radical (unpaired) electrons. The zero-order valence-electron chi connectivity index (χ0n) is 35.5. The van der Waals surface area contributed by atoms with Gasteiger partial charge in [0.2, 0.25) is 41.4 Å². The van der Waals surface area contributed by atoms with Crippen LogP contribution in [0.1, 0.15) is 37.3 Å². The lowest BCUT2D eigenvalue weighted by Crippen LogP contribution is -2.60. The Bertz CT molecular complexity index is 1900. The van der Waals surface area contributed by atoms with Gasteiger partial charge in [-0.1, -0.05) is 42.5 Å². The first-order chi connectivity index (χ1) is 30.3. The van der Waals surface area contributed by atoms with Gasteiger partial charge in [-0.25, -0.2) is 4.79 Å². The second kappa shape index (κ2) is 28.2. The normalized spacial score (nSPS) is 14.1. The molecule has 0 bridgehead atoms. The topological polar surface area (TPSA) is 392 Å². The van der Waals surface area contributed by atoms with Crippen LogP contribution in [-0.2, 0) is 51.2 Å². The van der Waals surface area contributed by atoms with Crippen LogP contribution in [0.2, 0.25) is 0 Å². The Hall–Kier alpha value is -6.50. The average molecular weight is 918 g/mol. The highest BCUT2D eigenvalue weighted by Gasteiger charge is 2.33. The van der Waals surface area contributed by atoms with E-state index in [0.717, 1.165) is 0 Å². The predicted octanol–water partition coefficient (Wildman–Crippen LogP) is -4.57.